The maximum Gasteiger partial charge on any atom is 0.345 e. The topological polar surface area (TPSA) is 63.6 Å². The summed E-state index contributed by atoms with van der Waals surface area (Å²) in [6.07, 6.45) is 1.53. The number of hydrogen-bond acceptors (Lipinski definition) is 3. The van der Waals surface area contributed by atoms with E-state index in [1.807, 2.05) is 0 Å². The van der Waals surface area contributed by atoms with Crippen LogP contribution in [0.1, 0.15) is 19.8 Å². The van der Waals surface area contributed by atoms with Crippen molar-refractivity contribution in [2.75, 3.05) is 0 Å². The van der Waals surface area contributed by atoms with Gasteiger partial charge in [0, 0.05) is 6.42 Å². The average molecular weight is 243 g/mol. The predicted molar refractivity (Wildman–Crippen MR) is 57.2 cm³/mol. The van der Waals surface area contributed by atoms with E-state index in [0.717, 1.165) is 5.57 Å². The first-order valence-corrected chi connectivity index (χ1v) is 5.40. The third kappa shape index (κ3) is 1.85. The maximum absolute atomic E-state index is 11.2. The number of halogens is 1. The smallest absolute Gasteiger partial charge is 0.345 e. The number of alkyl halides is 1. The van der Waals surface area contributed by atoms with E-state index in [9.17, 15) is 9.59 Å². The van der Waals surface area contributed by atoms with E-state index in [1.54, 1.807) is 6.08 Å². The lowest BCUT2D eigenvalue weighted by molar-refractivity contribution is -0.146. The SMILES string of the molecule is CC(=O)C1=CC2=C(OC(C(=O)O)C2)C(Cl)C1. The number of allylic oxidation sites excluding steroid dienone is 3. The third-order valence-corrected chi connectivity index (χ3v) is 3.10. The van der Waals surface area contributed by atoms with E-state index in [4.69, 9.17) is 21.4 Å². The summed E-state index contributed by atoms with van der Waals surface area (Å²) in [6.45, 7) is 1.48. The van der Waals surface area contributed by atoms with Gasteiger partial charge in [-0.3, -0.25) is 4.79 Å². The Hall–Kier alpha value is -1.29. The summed E-state index contributed by atoms with van der Waals surface area (Å²) in [5.41, 5.74) is 1.37. The quantitative estimate of drug-likeness (QED) is 0.748. The predicted octanol–water partition coefficient (Wildman–Crippen LogP) is 1.64. The number of aliphatic carboxylic acids is 1. The molecule has 0 saturated heterocycles. The van der Waals surface area contributed by atoms with Crippen molar-refractivity contribution in [1.82, 2.24) is 0 Å². The van der Waals surface area contributed by atoms with E-state index in [2.05, 4.69) is 0 Å². The number of carboxylic acids is 1. The largest absolute Gasteiger partial charge is 0.481 e. The number of hydrogen-bond donors (Lipinski definition) is 1. The third-order valence-electron chi connectivity index (χ3n) is 2.75. The molecule has 0 radical (unpaired) electrons. The monoisotopic (exact) mass is 242 g/mol. The van der Waals surface area contributed by atoms with E-state index >= 15 is 0 Å². The number of carbonyl (C=O) groups is 2. The van der Waals surface area contributed by atoms with Crippen LogP contribution in [0.4, 0.5) is 0 Å². The van der Waals surface area contributed by atoms with Gasteiger partial charge in [-0.2, -0.15) is 0 Å². The molecule has 0 spiro atoms. The number of Topliss-reactive ketones (excluding diaryl/α,β-unsaturated/α-hetero) is 1. The number of ketones is 1. The summed E-state index contributed by atoms with van der Waals surface area (Å²) in [5.74, 6) is -0.522. The summed E-state index contributed by atoms with van der Waals surface area (Å²) in [6, 6.07) is 0. The van der Waals surface area contributed by atoms with Crippen LogP contribution in [0.5, 0.6) is 0 Å². The van der Waals surface area contributed by atoms with Gasteiger partial charge in [-0.1, -0.05) is 0 Å². The Morgan fingerprint density at radius 1 is 1.50 bits per heavy atom. The molecule has 1 aliphatic carbocycles. The van der Waals surface area contributed by atoms with Gasteiger partial charge in [-0.25, -0.2) is 4.79 Å². The molecule has 1 N–H and O–H groups in total. The van der Waals surface area contributed by atoms with Gasteiger partial charge in [-0.15, -0.1) is 11.6 Å². The zero-order valence-corrected chi connectivity index (χ0v) is 9.45. The van der Waals surface area contributed by atoms with Gasteiger partial charge >= 0.3 is 5.97 Å². The first-order valence-electron chi connectivity index (χ1n) is 4.97. The van der Waals surface area contributed by atoms with Crippen molar-refractivity contribution in [2.24, 2.45) is 0 Å². The number of carbonyl (C=O) groups excluding carboxylic acids is 1. The number of carboxylic acid groups (broad SMARTS) is 1. The Bertz CT molecular complexity index is 422. The molecule has 0 fully saturated rings. The molecule has 86 valence electrons. The van der Waals surface area contributed by atoms with Crippen molar-refractivity contribution < 1.29 is 19.4 Å². The van der Waals surface area contributed by atoms with Crippen LogP contribution in [0, 0.1) is 0 Å². The zero-order chi connectivity index (χ0) is 11.9. The fraction of sp³-hybridized carbons (Fsp3) is 0.455. The Balaban J connectivity index is 2.26. The highest BCUT2D eigenvalue weighted by Crippen LogP contribution is 2.37. The summed E-state index contributed by atoms with van der Waals surface area (Å²) < 4.78 is 5.26. The van der Waals surface area contributed by atoms with E-state index < -0.39 is 17.5 Å². The lowest BCUT2D eigenvalue weighted by Crippen LogP contribution is -2.20. The normalized spacial score (nSPS) is 28.2. The fourth-order valence-electron chi connectivity index (χ4n) is 1.91. The zero-order valence-electron chi connectivity index (χ0n) is 8.70. The first kappa shape index (κ1) is 11.2. The van der Waals surface area contributed by atoms with Crippen molar-refractivity contribution in [3.8, 4) is 0 Å². The van der Waals surface area contributed by atoms with Gasteiger partial charge in [0.2, 0.25) is 0 Å². The Labute approximate surface area is 97.5 Å². The Morgan fingerprint density at radius 3 is 2.75 bits per heavy atom. The van der Waals surface area contributed by atoms with Crippen LogP contribution in [0.3, 0.4) is 0 Å². The molecule has 2 atom stereocenters. The summed E-state index contributed by atoms with van der Waals surface area (Å²) in [7, 11) is 0. The van der Waals surface area contributed by atoms with Gasteiger partial charge in [0.25, 0.3) is 0 Å². The van der Waals surface area contributed by atoms with Crippen LogP contribution in [-0.4, -0.2) is 28.3 Å². The molecule has 0 aromatic heterocycles. The molecule has 16 heavy (non-hydrogen) atoms. The lowest BCUT2D eigenvalue weighted by Gasteiger charge is -2.18. The minimum Gasteiger partial charge on any atom is -0.481 e. The van der Waals surface area contributed by atoms with Crippen LogP contribution in [0.25, 0.3) is 0 Å². The molecule has 0 aromatic rings. The summed E-state index contributed by atoms with van der Waals surface area (Å²) in [5, 5.41) is 8.41. The van der Waals surface area contributed by atoms with E-state index in [1.165, 1.54) is 6.92 Å². The second-order valence-electron chi connectivity index (χ2n) is 3.94. The van der Waals surface area contributed by atoms with Crippen molar-refractivity contribution >= 4 is 23.4 Å². The van der Waals surface area contributed by atoms with Crippen molar-refractivity contribution in [1.29, 1.82) is 0 Å². The van der Waals surface area contributed by atoms with Gasteiger partial charge in [0.15, 0.2) is 11.9 Å². The number of rotatable bonds is 2. The molecular formula is C11H11ClO4. The second kappa shape index (κ2) is 3.94. The molecule has 2 unspecified atom stereocenters. The molecule has 5 heteroatoms. The molecule has 0 saturated carbocycles. The Morgan fingerprint density at radius 2 is 2.19 bits per heavy atom. The second-order valence-corrected chi connectivity index (χ2v) is 4.46. The fourth-order valence-corrected chi connectivity index (χ4v) is 2.27. The van der Waals surface area contributed by atoms with Crippen LogP contribution < -0.4 is 0 Å². The van der Waals surface area contributed by atoms with Crippen molar-refractivity contribution in [3.63, 3.8) is 0 Å². The van der Waals surface area contributed by atoms with Crippen molar-refractivity contribution in [3.05, 3.63) is 23.0 Å². The molecule has 2 aliphatic rings. The summed E-state index contributed by atoms with van der Waals surface area (Å²) in [4.78, 5) is 22.0. The molecule has 0 bridgehead atoms. The first-order chi connectivity index (χ1) is 7.49. The van der Waals surface area contributed by atoms with Crippen LogP contribution in [-0.2, 0) is 14.3 Å². The molecule has 0 amide bonds. The number of ether oxygens (including phenoxy) is 1. The molecular weight excluding hydrogens is 232 g/mol. The molecule has 1 aliphatic heterocycles. The summed E-state index contributed by atoms with van der Waals surface area (Å²) >= 11 is 6.06. The molecule has 4 nitrogen and oxygen atoms in total. The average Bonchev–Trinajstić information content (AvgIpc) is 2.61. The van der Waals surface area contributed by atoms with Crippen LogP contribution in [0.2, 0.25) is 0 Å². The highest BCUT2D eigenvalue weighted by molar-refractivity contribution is 6.23. The van der Waals surface area contributed by atoms with Gasteiger partial charge in [0.1, 0.15) is 5.76 Å². The highest BCUT2D eigenvalue weighted by Gasteiger charge is 2.36. The molecule has 1 heterocycles. The Kier molecular flexibility index (Phi) is 2.76. The highest BCUT2D eigenvalue weighted by atomic mass is 35.5. The molecule has 2 rings (SSSR count). The van der Waals surface area contributed by atoms with Gasteiger partial charge < -0.3 is 9.84 Å². The standard InChI is InChI=1S/C11H11ClO4/c1-5(13)6-2-7-4-9(11(14)15)16-10(7)8(12)3-6/h2,8-9H,3-4H2,1H3,(H,14,15). The van der Waals surface area contributed by atoms with E-state index in [0.29, 0.717) is 17.8 Å². The van der Waals surface area contributed by atoms with Gasteiger partial charge in [0.05, 0.1) is 5.38 Å². The molecule has 0 aromatic carbocycles. The van der Waals surface area contributed by atoms with Gasteiger partial charge in [-0.05, 0) is 30.6 Å². The minimum absolute atomic E-state index is 0.0315. The minimum atomic E-state index is -1.00. The lowest BCUT2D eigenvalue weighted by atomic mass is 9.94. The van der Waals surface area contributed by atoms with E-state index in [-0.39, 0.29) is 12.2 Å². The van der Waals surface area contributed by atoms with Crippen LogP contribution in [0.15, 0.2) is 23.0 Å². The maximum atomic E-state index is 11.2. The van der Waals surface area contributed by atoms with Crippen molar-refractivity contribution in [2.45, 2.75) is 31.2 Å². The van der Waals surface area contributed by atoms with Crippen LogP contribution >= 0.6 is 11.6 Å².